The Morgan fingerprint density at radius 1 is 1.53 bits per heavy atom. The lowest BCUT2D eigenvalue weighted by Gasteiger charge is -2.07. The van der Waals surface area contributed by atoms with Crippen molar-refractivity contribution >= 4 is 18.0 Å². The number of amides is 1. The molecule has 0 aromatic carbocycles. The highest BCUT2D eigenvalue weighted by Crippen LogP contribution is 2.25. The van der Waals surface area contributed by atoms with E-state index >= 15 is 0 Å². The Balaban J connectivity index is 1.95. The number of carbonyl (C=O) groups excluding carboxylic acids is 2. The molecule has 0 aliphatic heterocycles. The van der Waals surface area contributed by atoms with Crippen LogP contribution in [-0.4, -0.2) is 22.2 Å². The molecule has 0 atom stereocenters. The fourth-order valence-electron chi connectivity index (χ4n) is 1.88. The highest BCUT2D eigenvalue weighted by molar-refractivity contribution is 5.92. The van der Waals surface area contributed by atoms with Gasteiger partial charge in [0.1, 0.15) is 0 Å². The first kappa shape index (κ1) is 9.89. The van der Waals surface area contributed by atoms with Crippen LogP contribution in [0.1, 0.15) is 36.3 Å². The fourth-order valence-corrected chi connectivity index (χ4v) is 1.88. The zero-order valence-corrected chi connectivity index (χ0v) is 8.32. The quantitative estimate of drug-likeness (QED) is 0.734. The average molecular weight is 207 g/mol. The monoisotopic (exact) mass is 207 g/mol. The maximum absolute atomic E-state index is 11.7. The summed E-state index contributed by atoms with van der Waals surface area (Å²) in [5.41, 5.74) is 0. The Morgan fingerprint density at radius 2 is 2.27 bits per heavy atom. The Kier molecular flexibility index (Phi) is 2.80. The van der Waals surface area contributed by atoms with Gasteiger partial charge in [0.05, 0.1) is 0 Å². The highest BCUT2D eigenvalue weighted by atomic mass is 16.2. The number of hydrogen-bond acceptors (Lipinski definition) is 3. The van der Waals surface area contributed by atoms with Crippen LogP contribution in [0.4, 0.5) is 5.82 Å². The summed E-state index contributed by atoms with van der Waals surface area (Å²) >= 11 is 0. The lowest BCUT2D eigenvalue weighted by Crippen LogP contribution is -2.20. The molecule has 80 valence electrons. The van der Waals surface area contributed by atoms with Crippen LogP contribution in [-0.2, 0) is 4.79 Å². The van der Waals surface area contributed by atoms with Gasteiger partial charge >= 0.3 is 0 Å². The lowest BCUT2D eigenvalue weighted by atomic mass is 10.1. The number of rotatable bonds is 3. The summed E-state index contributed by atoms with van der Waals surface area (Å²) in [6.07, 6.45) is 6.30. The Labute approximate surface area is 87.3 Å². The zero-order chi connectivity index (χ0) is 10.7. The smallest absolute Gasteiger partial charge is 0.228 e. The molecule has 0 spiro atoms. The van der Waals surface area contributed by atoms with Gasteiger partial charge in [-0.3, -0.25) is 9.59 Å². The van der Waals surface area contributed by atoms with Gasteiger partial charge in [0.25, 0.3) is 0 Å². The summed E-state index contributed by atoms with van der Waals surface area (Å²) in [5.74, 6) is 0.781. The van der Waals surface area contributed by atoms with Crippen molar-refractivity contribution in [2.75, 3.05) is 5.32 Å². The Morgan fingerprint density at radius 3 is 2.87 bits per heavy atom. The van der Waals surface area contributed by atoms with Crippen LogP contribution in [0.5, 0.6) is 0 Å². The number of hydrogen-bond donors (Lipinski definition) is 2. The predicted molar refractivity (Wildman–Crippen MR) is 54.6 cm³/mol. The molecular formula is C10H13N3O2. The molecular weight excluding hydrogens is 194 g/mol. The van der Waals surface area contributed by atoms with Crippen LogP contribution in [0.25, 0.3) is 0 Å². The minimum Gasteiger partial charge on any atom is -0.340 e. The second kappa shape index (κ2) is 4.25. The molecule has 1 aliphatic carbocycles. The van der Waals surface area contributed by atoms with Gasteiger partial charge in [-0.15, -0.1) is 0 Å². The van der Waals surface area contributed by atoms with Crippen LogP contribution in [0, 0.1) is 5.92 Å². The van der Waals surface area contributed by atoms with Crippen molar-refractivity contribution in [2.24, 2.45) is 5.92 Å². The van der Waals surface area contributed by atoms with E-state index in [1.165, 1.54) is 6.20 Å². The van der Waals surface area contributed by atoms with Gasteiger partial charge in [-0.1, -0.05) is 12.8 Å². The third-order valence-corrected chi connectivity index (χ3v) is 2.69. The second-order valence-corrected chi connectivity index (χ2v) is 3.76. The van der Waals surface area contributed by atoms with E-state index in [9.17, 15) is 9.59 Å². The van der Waals surface area contributed by atoms with E-state index in [0.29, 0.717) is 12.1 Å². The minimum atomic E-state index is 0.0106. The number of H-pyrrole nitrogens is 1. The zero-order valence-electron chi connectivity index (χ0n) is 8.32. The molecule has 2 N–H and O–H groups in total. The van der Waals surface area contributed by atoms with E-state index in [2.05, 4.69) is 15.3 Å². The number of anilines is 1. The maximum Gasteiger partial charge on any atom is 0.228 e. The summed E-state index contributed by atoms with van der Waals surface area (Å²) in [6.45, 7) is 0. The fraction of sp³-hybridized carbons (Fsp3) is 0.500. The number of nitrogens with zero attached hydrogens (tertiary/aromatic N) is 1. The molecule has 2 rings (SSSR count). The van der Waals surface area contributed by atoms with E-state index in [1.54, 1.807) is 0 Å². The maximum atomic E-state index is 11.7. The largest absolute Gasteiger partial charge is 0.340 e. The molecule has 5 nitrogen and oxygen atoms in total. The van der Waals surface area contributed by atoms with Gasteiger partial charge in [-0.25, -0.2) is 4.98 Å². The van der Waals surface area contributed by atoms with Crippen molar-refractivity contribution < 1.29 is 9.59 Å². The summed E-state index contributed by atoms with van der Waals surface area (Å²) in [6, 6.07) is 0. The molecule has 1 aromatic heterocycles. The SMILES string of the molecule is O=Cc1nc(NC(=O)C2CCCC2)c[nH]1. The van der Waals surface area contributed by atoms with Crippen molar-refractivity contribution in [3.8, 4) is 0 Å². The molecule has 0 bridgehead atoms. The summed E-state index contributed by atoms with van der Waals surface area (Å²) in [7, 11) is 0. The van der Waals surface area contributed by atoms with Gasteiger partial charge < -0.3 is 10.3 Å². The van der Waals surface area contributed by atoms with E-state index in [0.717, 1.165) is 25.7 Å². The number of aromatic amines is 1. The standard InChI is InChI=1S/C10H13N3O2/c14-6-9-11-5-8(12-9)13-10(15)7-3-1-2-4-7/h5-7H,1-4H2,(H,11,12)(H,13,15). The van der Waals surface area contributed by atoms with Crippen molar-refractivity contribution in [3.63, 3.8) is 0 Å². The van der Waals surface area contributed by atoms with Gasteiger partial charge in [0, 0.05) is 12.1 Å². The third-order valence-electron chi connectivity index (χ3n) is 2.69. The summed E-state index contributed by atoms with van der Waals surface area (Å²) in [4.78, 5) is 28.6. The molecule has 1 saturated carbocycles. The number of carbonyl (C=O) groups is 2. The van der Waals surface area contributed by atoms with Crippen LogP contribution < -0.4 is 5.32 Å². The molecule has 1 fully saturated rings. The second-order valence-electron chi connectivity index (χ2n) is 3.76. The van der Waals surface area contributed by atoms with Gasteiger partial charge in [0.2, 0.25) is 5.91 Å². The first-order valence-electron chi connectivity index (χ1n) is 5.11. The third kappa shape index (κ3) is 2.23. The first-order valence-corrected chi connectivity index (χ1v) is 5.11. The predicted octanol–water partition coefficient (Wildman–Crippen LogP) is 1.35. The topological polar surface area (TPSA) is 74.8 Å². The van der Waals surface area contributed by atoms with Crippen LogP contribution in [0.15, 0.2) is 6.20 Å². The molecule has 15 heavy (non-hydrogen) atoms. The molecule has 0 radical (unpaired) electrons. The van der Waals surface area contributed by atoms with E-state index in [-0.39, 0.29) is 17.6 Å². The van der Waals surface area contributed by atoms with Gasteiger partial charge in [-0.05, 0) is 12.8 Å². The molecule has 1 aliphatic rings. The average Bonchev–Trinajstić information content (AvgIpc) is 2.87. The Hall–Kier alpha value is -1.65. The van der Waals surface area contributed by atoms with E-state index in [1.807, 2.05) is 0 Å². The van der Waals surface area contributed by atoms with Crippen molar-refractivity contribution in [1.82, 2.24) is 9.97 Å². The number of nitrogens with one attached hydrogen (secondary N) is 2. The molecule has 1 aromatic rings. The van der Waals surface area contributed by atoms with Crippen molar-refractivity contribution in [2.45, 2.75) is 25.7 Å². The minimum absolute atomic E-state index is 0.0106. The molecule has 0 saturated heterocycles. The first-order chi connectivity index (χ1) is 7.29. The number of aromatic nitrogens is 2. The summed E-state index contributed by atoms with van der Waals surface area (Å²) < 4.78 is 0. The molecule has 5 heteroatoms. The molecule has 1 heterocycles. The van der Waals surface area contributed by atoms with Crippen LogP contribution in [0.2, 0.25) is 0 Å². The van der Waals surface area contributed by atoms with Crippen molar-refractivity contribution in [3.05, 3.63) is 12.0 Å². The highest BCUT2D eigenvalue weighted by Gasteiger charge is 2.22. The number of aldehydes is 1. The van der Waals surface area contributed by atoms with Crippen LogP contribution >= 0.6 is 0 Å². The molecule has 1 amide bonds. The normalized spacial score (nSPS) is 16.5. The van der Waals surface area contributed by atoms with Gasteiger partial charge in [-0.2, -0.15) is 0 Å². The van der Waals surface area contributed by atoms with E-state index in [4.69, 9.17) is 0 Å². The lowest BCUT2D eigenvalue weighted by molar-refractivity contribution is -0.119. The Bertz CT molecular complexity index is 366. The van der Waals surface area contributed by atoms with Crippen molar-refractivity contribution in [1.29, 1.82) is 0 Å². The van der Waals surface area contributed by atoms with E-state index < -0.39 is 0 Å². The molecule has 0 unspecified atom stereocenters. The number of imidazole rings is 1. The van der Waals surface area contributed by atoms with Gasteiger partial charge in [0.15, 0.2) is 17.9 Å². The van der Waals surface area contributed by atoms with Crippen LogP contribution in [0.3, 0.4) is 0 Å². The summed E-state index contributed by atoms with van der Waals surface area (Å²) in [5, 5.41) is 2.70.